The van der Waals surface area contributed by atoms with Crippen molar-refractivity contribution in [2.45, 2.75) is 13.5 Å². The largest absolute Gasteiger partial charge is 0.340 e. The van der Waals surface area contributed by atoms with Gasteiger partial charge in [0.05, 0.1) is 12.9 Å². The highest BCUT2D eigenvalue weighted by Crippen LogP contribution is 2.23. The van der Waals surface area contributed by atoms with Crippen LogP contribution >= 0.6 is 0 Å². The first-order valence-electron chi connectivity index (χ1n) is 7.54. The summed E-state index contributed by atoms with van der Waals surface area (Å²) in [4.78, 5) is 19.0. The average molecular weight is 305 g/mol. The van der Waals surface area contributed by atoms with Crippen LogP contribution in [0.2, 0.25) is 0 Å². The number of para-hydroxylation sites is 1. The Morgan fingerprint density at radius 2 is 1.78 bits per heavy atom. The summed E-state index contributed by atoms with van der Waals surface area (Å²) in [6.45, 7) is 2.53. The zero-order chi connectivity index (χ0) is 16.2. The van der Waals surface area contributed by atoms with Gasteiger partial charge in [0.2, 0.25) is 0 Å². The quantitative estimate of drug-likeness (QED) is 0.739. The van der Waals surface area contributed by atoms with E-state index in [0.717, 1.165) is 16.8 Å². The summed E-state index contributed by atoms with van der Waals surface area (Å²) in [7, 11) is 1.86. The van der Waals surface area contributed by atoms with Crippen molar-refractivity contribution in [3.63, 3.8) is 0 Å². The van der Waals surface area contributed by atoms with Gasteiger partial charge in [-0.15, -0.1) is 0 Å². The molecule has 1 heterocycles. The molecule has 4 heteroatoms. The molecular formula is C19H19N3O. The summed E-state index contributed by atoms with van der Waals surface area (Å²) >= 11 is 0. The van der Waals surface area contributed by atoms with Crippen LogP contribution < -0.4 is 4.90 Å². The van der Waals surface area contributed by atoms with Gasteiger partial charge >= 0.3 is 0 Å². The summed E-state index contributed by atoms with van der Waals surface area (Å²) in [6.07, 6.45) is 3.39. The number of anilines is 1. The van der Waals surface area contributed by atoms with Gasteiger partial charge in [-0.3, -0.25) is 4.79 Å². The fourth-order valence-corrected chi connectivity index (χ4v) is 2.56. The number of benzene rings is 2. The Hall–Kier alpha value is -2.88. The zero-order valence-corrected chi connectivity index (χ0v) is 13.3. The van der Waals surface area contributed by atoms with E-state index in [-0.39, 0.29) is 5.91 Å². The van der Waals surface area contributed by atoms with Crippen LogP contribution in [-0.2, 0) is 13.6 Å². The first-order valence-corrected chi connectivity index (χ1v) is 7.54. The molecule has 0 saturated carbocycles. The predicted molar refractivity (Wildman–Crippen MR) is 91.3 cm³/mol. The number of hydrogen-bond donors (Lipinski definition) is 0. The van der Waals surface area contributed by atoms with E-state index >= 15 is 0 Å². The highest BCUT2D eigenvalue weighted by molar-refractivity contribution is 6.05. The maximum Gasteiger partial charge on any atom is 0.278 e. The van der Waals surface area contributed by atoms with Crippen LogP contribution in [0.25, 0.3) is 0 Å². The maximum atomic E-state index is 13.0. The van der Waals surface area contributed by atoms with Gasteiger partial charge in [-0.2, -0.15) is 0 Å². The average Bonchev–Trinajstić information content (AvgIpc) is 3.00. The molecule has 23 heavy (non-hydrogen) atoms. The highest BCUT2D eigenvalue weighted by atomic mass is 16.2. The van der Waals surface area contributed by atoms with Crippen LogP contribution in [-0.4, -0.2) is 15.5 Å². The third kappa shape index (κ3) is 3.31. The molecule has 0 bridgehead atoms. The Kier molecular flexibility index (Phi) is 4.24. The molecule has 0 unspecified atom stereocenters. The minimum absolute atomic E-state index is 0.0937. The molecule has 0 radical (unpaired) electrons. The van der Waals surface area contributed by atoms with E-state index in [1.807, 2.05) is 68.6 Å². The summed E-state index contributed by atoms with van der Waals surface area (Å²) in [5.74, 6) is -0.0937. The molecule has 4 nitrogen and oxygen atoms in total. The molecule has 2 aromatic carbocycles. The van der Waals surface area contributed by atoms with Gasteiger partial charge in [0.1, 0.15) is 5.69 Å². The van der Waals surface area contributed by atoms with E-state index in [9.17, 15) is 4.79 Å². The van der Waals surface area contributed by atoms with Crippen LogP contribution in [0.5, 0.6) is 0 Å². The number of hydrogen-bond acceptors (Lipinski definition) is 2. The van der Waals surface area contributed by atoms with Crippen molar-refractivity contribution in [2.24, 2.45) is 7.05 Å². The highest BCUT2D eigenvalue weighted by Gasteiger charge is 2.21. The number of aryl methyl sites for hydroxylation is 2. The molecule has 0 spiro atoms. The number of amides is 1. The van der Waals surface area contributed by atoms with Crippen LogP contribution in [0, 0.1) is 6.92 Å². The van der Waals surface area contributed by atoms with Crippen molar-refractivity contribution in [3.8, 4) is 0 Å². The fourth-order valence-electron chi connectivity index (χ4n) is 2.56. The standard InChI is InChI=1S/C19H19N3O/c1-15-8-6-7-11-18(15)22(12-16-9-4-3-5-10-16)19(23)17-13-21(2)14-20-17/h3-11,13-14H,12H2,1-2H3. The van der Waals surface area contributed by atoms with Gasteiger partial charge in [0, 0.05) is 18.9 Å². The van der Waals surface area contributed by atoms with Crippen molar-refractivity contribution in [1.82, 2.24) is 9.55 Å². The lowest BCUT2D eigenvalue weighted by atomic mass is 10.1. The smallest absolute Gasteiger partial charge is 0.278 e. The third-order valence-electron chi connectivity index (χ3n) is 3.76. The monoisotopic (exact) mass is 305 g/mol. The second-order valence-electron chi connectivity index (χ2n) is 5.59. The van der Waals surface area contributed by atoms with Crippen molar-refractivity contribution < 1.29 is 4.79 Å². The molecule has 3 aromatic rings. The first kappa shape index (κ1) is 15.0. The van der Waals surface area contributed by atoms with Crippen LogP contribution in [0.3, 0.4) is 0 Å². The minimum atomic E-state index is -0.0937. The summed E-state index contributed by atoms with van der Waals surface area (Å²) in [5.41, 5.74) is 3.51. The number of rotatable bonds is 4. The number of carbonyl (C=O) groups excluding carboxylic acids is 1. The van der Waals surface area contributed by atoms with E-state index < -0.39 is 0 Å². The van der Waals surface area contributed by atoms with E-state index in [1.165, 1.54) is 0 Å². The molecule has 116 valence electrons. The van der Waals surface area contributed by atoms with E-state index in [4.69, 9.17) is 0 Å². The molecule has 1 aromatic heterocycles. The Balaban J connectivity index is 1.99. The predicted octanol–water partition coefficient (Wildman–Crippen LogP) is 3.58. The lowest BCUT2D eigenvalue weighted by Gasteiger charge is -2.24. The van der Waals surface area contributed by atoms with Crippen molar-refractivity contribution in [2.75, 3.05) is 4.90 Å². The normalized spacial score (nSPS) is 10.5. The summed E-state index contributed by atoms with van der Waals surface area (Å²) < 4.78 is 1.78. The number of aromatic nitrogens is 2. The zero-order valence-electron chi connectivity index (χ0n) is 13.3. The van der Waals surface area contributed by atoms with Gasteiger partial charge in [-0.05, 0) is 24.1 Å². The first-order chi connectivity index (χ1) is 11.1. The summed E-state index contributed by atoms with van der Waals surface area (Å²) in [6, 6.07) is 17.9. The number of carbonyl (C=O) groups is 1. The SMILES string of the molecule is Cc1ccccc1N(Cc1ccccc1)C(=O)c1cn(C)cn1. The molecule has 0 aliphatic rings. The van der Waals surface area contributed by atoms with Crippen LogP contribution in [0.15, 0.2) is 67.1 Å². The summed E-state index contributed by atoms with van der Waals surface area (Å²) in [5, 5.41) is 0. The second-order valence-corrected chi connectivity index (χ2v) is 5.59. The van der Waals surface area contributed by atoms with Gasteiger partial charge in [0.15, 0.2) is 0 Å². The van der Waals surface area contributed by atoms with E-state index in [0.29, 0.717) is 12.2 Å². The van der Waals surface area contributed by atoms with Crippen molar-refractivity contribution in [1.29, 1.82) is 0 Å². The van der Waals surface area contributed by atoms with Crippen LogP contribution in [0.1, 0.15) is 21.6 Å². The maximum absolute atomic E-state index is 13.0. The van der Waals surface area contributed by atoms with Gasteiger partial charge in [-0.1, -0.05) is 48.5 Å². The van der Waals surface area contributed by atoms with Crippen LogP contribution in [0.4, 0.5) is 5.69 Å². The molecule has 0 N–H and O–H groups in total. The second kappa shape index (κ2) is 6.48. The van der Waals surface area contributed by atoms with Gasteiger partial charge < -0.3 is 9.47 Å². The topological polar surface area (TPSA) is 38.1 Å². The molecule has 3 rings (SSSR count). The molecule has 0 atom stereocenters. The number of imidazole rings is 1. The van der Waals surface area contributed by atoms with Crippen molar-refractivity contribution in [3.05, 3.63) is 83.9 Å². The lowest BCUT2D eigenvalue weighted by Crippen LogP contribution is -2.31. The Labute approximate surface area is 136 Å². The minimum Gasteiger partial charge on any atom is -0.340 e. The molecule has 0 aliphatic heterocycles. The lowest BCUT2D eigenvalue weighted by molar-refractivity contribution is 0.0980. The van der Waals surface area contributed by atoms with Gasteiger partial charge in [0.25, 0.3) is 5.91 Å². The van der Waals surface area contributed by atoms with E-state index in [2.05, 4.69) is 4.98 Å². The fraction of sp³-hybridized carbons (Fsp3) is 0.158. The molecular weight excluding hydrogens is 286 g/mol. The Bertz CT molecular complexity index is 808. The Morgan fingerprint density at radius 1 is 1.09 bits per heavy atom. The molecule has 0 fully saturated rings. The van der Waals surface area contributed by atoms with E-state index in [1.54, 1.807) is 22.0 Å². The number of nitrogens with zero attached hydrogens (tertiary/aromatic N) is 3. The molecule has 1 amide bonds. The Morgan fingerprint density at radius 3 is 2.43 bits per heavy atom. The van der Waals surface area contributed by atoms with Gasteiger partial charge in [-0.25, -0.2) is 4.98 Å². The molecule has 0 aliphatic carbocycles. The third-order valence-corrected chi connectivity index (χ3v) is 3.76. The molecule has 0 saturated heterocycles. The van der Waals surface area contributed by atoms with Crippen molar-refractivity contribution >= 4 is 11.6 Å².